The van der Waals surface area contributed by atoms with E-state index in [-0.39, 0.29) is 5.43 Å². The van der Waals surface area contributed by atoms with Gasteiger partial charge in [0, 0.05) is 12.0 Å². The molecular formula is C22H15NO2S. The first-order valence-electron chi connectivity index (χ1n) is 8.32. The Morgan fingerprint density at radius 3 is 2.65 bits per heavy atom. The molecule has 0 saturated heterocycles. The fraction of sp³-hybridized carbons (Fsp3) is 0.0909. The Hall–Kier alpha value is -3.16. The smallest absolute Gasteiger partial charge is 0.202 e. The molecule has 0 bridgehead atoms. The lowest BCUT2D eigenvalue weighted by Crippen LogP contribution is -2.10. The first kappa shape index (κ1) is 16.3. The zero-order chi connectivity index (χ0) is 17.9. The lowest BCUT2D eigenvalue weighted by atomic mass is 9.99. The van der Waals surface area contributed by atoms with Gasteiger partial charge in [0.15, 0.2) is 0 Å². The second kappa shape index (κ2) is 6.99. The van der Waals surface area contributed by atoms with E-state index in [1.54, 1.807) is 11.7 Å². The summed E-state index contributed by atoms with van der Waals surface area (Å²) in [5.41, 5.74) is 4.43. The van der Waals surface area contributed by atoms with Gasteiger partial charge in [-0.15, -0.1) is 11.3 Å². The summed E-state index contributed by atoms with van der Waals surface area (Å²) in [5, 5.41) is 0.528. The van der Waals surface area contributed by atoms with Crippen LogP contribution in [0.5, 0.6) is 0 Å². The average molecular weight is 357 g/mol. The molecule has 4 rings (SSSR count). The quantitative estimate of drug-likeness (QED) is 0.480. The van der Waals surface area contributed by atoms with Gasteiger partial charge in [0.2, 0.25) is 5.43 Å². The largest absolute Gasteiger partial charge is 0.460 e. The molecule has 0 saturated carbocycles. The van der Waals surface area contributed by atoms with Crippen LogP contribution in [-0.2, 0) is 6.42 Å². The van der Waals surface area contributed by atoms with Crippen molar-refractivity contribution in [2.45, 2.75) is 13.3 Å². The highest BCUT2D eigenvalue weighted by atomic mass is 32.1. The molecule has 0 aliphatic carbocycles. The lowest BCUT2D eigenvalue weighted by molar-refractivity contribution is 0.546. The van der Waals surface area contributed by atoms with Gasteiger partial charge in [-0.25, -0.2) is 0 Å². The number of aromatic nitrogens is 1. The normalized spacial score (nSPS) is 10.5. The molecule has 2 heterocycles. The summed E-state index contributed by atoms with van der Waals surface area (Å²) in [4.78, 5) is 18.2. The number of rotatable bonds is 2. The fourth-order valence-corrected chi connectivity index (χ4v) is 3.41. The fourth-order valence-electron chi connectivity index (χ4n) is 2.94. The van der Waals surface area contributed by atoms with Crippen LogP contribution < -0.4 is 5.43 Å². The number of hydrogen-bond acceptors (Lipinski definition) is 4. The van der Waals surface area contributed by atoms with Crippen LogP contribution in [0, 0.1) is 11.8 Å². The van der Waals surface area contributed by atoms with Crippen LogP contribution in [0.25, 0.3) is 22.1 Å². The van der Waals surface area contributed by atoms with Crippen LogP contribution in [0.2, 0.25) is 0 Å². The summed E-state index contributed by atoms with van der Waals surface area (Å²) < 4.78 is 6.08. The maximum atomic E-state index is 13.4. The second-order valence-electron chi connectivity index (χ2n) is 5.74. The molecule has 2 aromatic carbocycles. The third-order valence-electron chi connectivity index (χ3n) is 4.13. The highest BCUT2D eigenvalue weighted by Gasteiger charge is 2.16. The number of aryl methyl sites for hydroxylation is 1. The first-order chi connectivity index (χ1) is 12.8. The van der Waals surface area contributed by atoms with E-state index in [0.29, 0.717) is 34.3 Å². The van der Waals surface area contributed by atoms with Crippen molar-refractivity contribution >= 4 is 22.3 Å². The van der Waals surface area contributed by atoms with Crippen LogP contribution in [0.1, 0.15) is 23.1 Å². The van der Waals surface area contributed by atoms with Gasteiger partial charge in [-0.2, -0.15) is 0 Å². The monoisotopic (exact) mass is 357 g/mol. The highest BCUT2D eigenvalue weighted by Crippen LogP contribution is 2.26. The molecule has 0 fully saturated rings. The SMILES string of the molecule is CCc1oc2cccc(C#Cc3cncs3)c2c(=O)c1-c1ccccc1. The van der Waals surface area contributed by atoms with Crippen molar-refractivity contribution in [3.05, 3.63) is 86.7 Å². The molecule has 26 heavy (non-hydrogen) atoms. The Bertz CT molecular complexity index is 1180. The van der Waals surface area contributed by atoms with Crippen molar-refractivity contribution in [1.29, 1.82) is 0 Å². The lowest BCUT2D eigenvalue weighted by Gasteiger charge is -2.09. The summed E-state index contributed by atoms with van der Waals surface area (Å²) >= 11 is 1.47. The van der Waals surface area contributed by atoms with E-state index in [0.717, 1.165) is 10.4 Å². The molecular weight excluding hydrogens is 342 g/mol. The topological polar surface area (TPSA) is 43.1 Å². The number of thiazole rings is 1. The molecule has 0 unspecified atom stereocenters. The molecule has 0 spiro atoms. The van der Waals surface area contributed by atoms with Crippen LogP contribution in [0.3, 0.4) is 0 Å². The summed E-state index contributed by atoms with van der Waals surface area (Å²) in [5.74, 6) is 6.88. The molecule has 0 aliphatic heterocycles. The molecule has 3 nitrogen and oxygen atoms in total. The Kier molecular flexibility index (Phi) is 4.39. The van der Waals surface area contributed by atoms with Gasteiger partial charge in [0.1, 0.15) is 11.3 Å². The summed E-state index contributed by atoms with van der Waals surface area (Å²) in [6.45, 7) is 1.99. The molecule has 4 heteroatoms. The number of hydrogen-bond donors (Lipinski definition) is 0. The van der Waals surface area contributed by atoms with Gasteiger partial charge in [0.05, 0.1) is 27.5 Å². The van der Waals surface area contributed by atoms with Gasteiger partial charge in [-0.3, -0.25) is 9.78 Å². The first-order valence-corrected chi connectivity index (χ1v) is 9.20. The Labute approximate surface area is 155 Å². The van der Waals surface area contributed by atoms with E-state index in [4.69, 9.17) is 4.42 Å². The Morgan fingerprint density at radius 2 is 1.92 bits per heavy atom. The van der Waals surface area contributed by atoms with Crippen LogP contribution in [0.4, 0.5) is 0 Å². The van der Waals surface area contributed by atoms with Crippen molar-refractivity contribution in [2.24, 2.45) is 0 Å². The van der Waals surface area contributed by atoms with Crippen molar-refractivity contribution < 1.29 is 4.42 Å². The van der Waals surface area contributed by atoms with E-state index >= 15 is 0 Å². The predicted octanol–water partition coefficient (Wildman–Crippen LogP) is 4.88. The molecule has 126 valence electrons. The average Bonchev–Trinajstić information content (AvgIpc) is 3.20. The third-order valence-corrected chi connectivity index (χ3v) is 4.82. The molecule has 0 aliphatic rings. The standard InChI is InChI=1S/C22H15NO2S/c1-2-18-20(15-7-4-3-5-8-15)22(24)21-16(9-6-10-19(21)25-18)11-12-17-13-23-14-26-17/h3-10,13-14H,2H2,1H3. The van der Waals surface area contributed by atoms with E-state index in [1.165, 1.54) is 11.3 Å². The van der Waals surface area contributed by atoms with Crippen LogP contribution in [0.15, 0.2) is 69.5 Å². The Balaban J connectivity index is 2.00. The molecule has 4 aromatic rings. The van der Waals surface area contributed by atoms with E-state index in [9.17, 15) is 4.79 Å². The number of nitrogens with zero attached hydrogens (tertiary/aromatic N) is 1. The van der Waals surface area contributed by atoms with Crippen molar-refractivity contribution in [3.63, 3.8) is 0 Å². The van der Waals surface area contributed by atoms with Gasteiger partial charge >= 0.3 is 0 Å². The van der Waals surface area contributed by atoms with Crippen molar-refractivity contribution in [1.82, 2.24) is 4.98 Å². The van der Waals surface area contributed by atoms with Crippen LogP contribution >= 0.6 is 11.3 Å². The minimum absolute atomic E-state index is 0.0384. The van der Waals surface area contributed by atoms with Crippen LogP contribution in [-0.4, -0.2) is 4.98 Å². The molecule has 2 aromatic heterocycles. The van der Waals surface area contributed by atoms with Gasteiger partial charge in [-0.05, 0) is 23.6 Å². The van der Waals surface area contributed by atoms with Gasteiger partial charge in [-0.1, -0.05) is 49.2 Å². The van der Waals surface area contributed by atoms with E-state index in [2.05, 4.69) is 16.8 Å². The van der Waals surface area contributed by atoms with Gasteiger partial charge in [0.25, 0.3) is 0 Å². The molecule has 0 atom stereocenters. The number of benzene rings is 2. The summed E-state index contributed by atoms with van der Waals surface area (Å²) in [7, 11) is 0. The van der Waals surface area contributed by atoms with E-state index < -0.39 is 0 Å². The highest BCUT2D eigenvalue weighted by molar-refractivity contribution is 7.10. The summed E-state index contributed by atoms with van der Waals surface area (Å²) in [6, 6.07) is 15.2. The zero-order valence-electron chi connectivity index (χ0n) is 14.2. The minimum Gasteiger partial charge on any atom is -0.460 e. The zero-order valence-corrected chi connectivity index (χ0v) is 15.0. The number of fused-ring (bicyclic) bond motifs is 1. The van der Waals surface area contributed by atoms with Crippen molar-refractivity contribution in [2.75, 3.05) is 0 Å². The molecule has 0 radical (unpaired) electrons. The molecule has 0 amide bonds. The maximum absolute atomic E-state index is 13.4. The van der Waals surface area contributed by atoms with E-state index in [1.807, 2.05) is 55.5 Å². The molecule has 0 N–H and O–H groups in total. The maximum Gasteiger partial charge on any atom is 0.202 e. The van der Waals surface area contributed by atoms with Gasteiger partial charge < -0.3 is 4.42 Å². The van der Waals surface area contributed by atoms with Crippen molar-refractivity contribution in [3.8, 4) is 23.0 Å². The summed E-state index contributed by atoms with van der Waals surface area (Å²) in [6.07, 6.45) is 2.36. The second-order valence-corrected chi connectivity index (χ2v) is 6.63. The third kappa shape index (κ3) is 2.94. The minimum atomic E-state index is -0.0384. The Morgan fingerprint density at radius 1 is 1.08 bits per heavy atom. The predicted molar refractivity (Wildman–Crippen MR) is 105 cm³/mol.